The lowest BCUT2D eigenvalue weighted by Gasteiger charge is -2.27. The van der Waals surface area contributed by atoms with Gasteiger partial charge in [-0.15, -0.1) is 0 Å². The van der Waals surface area contributed by atoms with Crippen LogP contribution < -0.4 is 5.32 Å². The van der Waals surface area contributed by atoms with E-state index >= 15 is 0 Å². The number of phosphoric ester groups is 1. The molecule has 10 heteroatoms. The Morgan fingerprint density at radius 3 is 1.11 bits per heavy atom. The smallest absolute Gasteiger partial charge is 0.456 e. The Balaban J connectivity index is 5.01. The molecule has 3 unspecified atom stereocenters. The predicted octanol–water partition coefficient (Wildman–Crippen LogP) is 22.6. The average molecular weight is 1190 g/mol. The molecule has 9 nitrogen and oxygen atoms in total. The second-order valence-electron chi connectivity index (χ2n) is 25.4. The van der Waals surface area contributed by atoms with Gasteiger partial charge in [0.25, 0.3) is 0 Å². The molecule has 0 aliphatic carbocycles. The van der Waals surface area contributed by atoms with Crippen molar-refractivity contribution in [1.29, 1.82) is 0 Å². The molecular weight excluding hydrogens is 1050 g/mol. The van der Waals surface area contributed by atoms with Gasteiger partial charge in [0.15, 0.2) is 0 Å². The van der Waals surface area contributed by atoms with Crippen molar-refractivity contribution >= 4 is 19.7 Å². The number of hydrogen-bond acceptors (Lipinski definition) is 6. The molecule has 0 aliphatic heterocycles. The van der Waals surface area contributed by atoms with Crippen LogP contribution in [0.4, 0.5) is 0 Å². The maximum Gasteiger partial charge on any atom is 0.472 e. The van der Waals surface area contributed by atoms with Gasteiger partial charge in [-0.25, -0.2) is 4.57 Å². The summed E-state index contributed by atoms with van der Waals surface area (Å²) >= 11 is 0. The molecule has 0 spiro atoms. The molecule has 0 fully saturated rings. The number of ether oxygens (including phenoxy) is 1. The molecule has 0 aromatic heterocycles. The number of phosphoric acid groups is 1. The van der Waals surface area contributed by atoms with Gasteiger partial charge in [-0.1, -0.05) is 294 Å². The Hall–Kier alpha value is -2.29. The zero-order valence-electron chi connectivity index (χ0n) is 55.7. The van der Waals surface area contributed by atoms with E-state index in [0.717, 1.165) is 70.6 Å². The number of nitrogens with one attached hydrogen (secondary N) is 1. The van der Waals surface area contributed by atoms with Crippen LogP contribution in [-0.2, 0) is 27.9 Å². The van der Waals surface area contributed by atoms with Crippen molar-refractivity contribution in [2.24, 2.45) is 0 Å². The number of carbonyl (C=O) groups is 2. The van der Waals surface area contributed by atoms with Crippen molar-refractivity contribution in [2.75, 3.05) is 40.9 Å². The molecule has 0 aromatic rings. The molecule has 2 N–H and O–H groups in total. The number of hydrogen-bond donors (Lipinski definition) is 2. The third-order valence-electron chi connectivity index (χ3n) is 15.9. The van der Waals surface area contributed by atoms with E-state index in [0.29, 0.717) is 23.9 Å². The van der Waals surface area contributed by atoms with Gasteiger partial charge in [0.05, 0.1) is 33.8 Å². The van der Waals surface area contributed by atoms with Crippen LogP contribution in [0, 0.1) is 0 Å². The van der Waals surface area contributed by atoms with Crippen LogP contribution >= 0.6 is 7.82 Å². The van der Waals surface area contributed by atoms with E-state index in [1.54, 1.807) is 0 Å². The Bertz CT molecular complexity index is 1600. The minimum absolute atomic E-state index is 0.0403. The molecule has 0 aliphatic rings. The van der Waals surface area contributed by atoms with E-state index in [2.05, 4.69) is 74.7 Å². The van der Waals surface area contributed by atoms with Crippen molar-refractivity contribution in [1.82, 2.24) is 5.32 Å². The number of likely N-dealkylation sites (N-methyl/N-ethyl adjacent to an activating group) is 1. The molecule has 0 heterocycles. The van der Waals surface area contributed by atoms with E-state index < -0.39 is 20.0 Å². The third kappa shape index (κ3) is 64.0. The highest BCUT2D eigenvalue weighted by molar-refractivity contribution is 7.47. The topological polar surface area (TPSA) is 111 Å². The molecule has 0 rings (SSSR count). The normalized spacial score (nSPS) is 13.9. The summed E-state index contributed by atoms with van der Waals surface area (Å²) in [6.07, 6.45) is 80.9. The lowest BCUT2D eigenvalue weighted by molar-refractivity contribution is -0.870. The molecule has 3 atom stereocenters. The van der Waals surface area contributed by atoms with Crippen LogP contribution in [0.5, 0.6) is 0 Å². The fraction of sp³-hybridized carbons (Fsp3) is 0.836. The van der Waals surface area contributed by atoms with Crippen molar-refractivity contribution in [3.63, 3.8) is 0 Å². The first kappa shape index (κ1) is 80.7. The average Bonchev–Trinajstić information content (AvgIpc) is 3.51. The molecule has 486 valence electrons. The maximum absolute atomic E-state index is 13.6. The minimum atomic E-state index is -4.45. The van der Waals surface area contributed by atoms with E-state index in [1.807, 2.05) is 33.3 Å². The molecule has 0 aromatic carbocycles. The van der Waals surface area contributed by atoms with Crippen molar-refractivity contribution < 1.29 is 37.3 Å². The van der Waals surface area contributed by atoms with Gasteiger partial charge in [-0.2, -0.15) is 0 Å². The molecule has 0 saturated carbocycles. The van der Waals surface area contributed by atoms with Gasteiger partial charge in [0.2, 0.25) is 5.91 Å². The number of nitrogens with zero attached hydrogens (tertiary/aromatic N) is 1. The highest BCUT2D eigenvalue weighted by Gasteiger charge is 2.30. The van der Waals surface area contributed by atoms with Crippen molar-refractivity contribution in [3.8, 4) is 0 Å². The Kier molecular flexibility index (Phi) is 61.0. The molecule has 1 amide bonds. The van der Waals surface area contributed by atoms with Crippen LogP contribution in [0.1, 0.15) is 342 Å². The fourth-order valence-corrected chi connectivity index (χ4v) is 11.2. The monoisotopic (exact) mass is 1190 g/mol. The lowest BCUT2D eigenvalue weighted by Crippen LogP contribution is -2.47. The molecule has 0 saturated heterocycles. The van der Waals surface area contributed by atoms with E-state index in [4.69, 9.17) is 13.8 Å². The van der Waals surface area contributed by atoms with Crippen LogP contribution in [0.25, 0.3) is 0 Å². The maximum atomic E-state index is 13.6. The van der Waals surface area contributed by atoms with Gasteiger partial charge in [-0.05, 0) is 96.0 Å². The third-order valence-corrected chi connectivity index (χ3v) is 16.9. The molecular formula is C73H138N2O7P+. The quantitative estimate of drug-likeness (QED) is 0.0205. The van der Waals surface area contributed by atoms with Gasteiger partial charge in [0.1, 0.15) is 19.3 Å². The Morgan fingerprint density at radius 1 is 0.422 bits per heavy atom. The highest BCUT2D eigenvalue weighted by Crippen LogP contribution is 2.43. The van der Waals surface area contributed by atoms with E-state index in [1.165, 1.54) is 238 Å². The summed E-state index contributed by atoms with van der Waals surface area (Å²) in [6, 6.07) is -0.849. The number of rotatable bonds is 65. The van der Waals surface area contributed by atoms with Crippen LogP contribution in [0.3, 0.4) is 0 Å². The first-order valence-corrected chi connectivity index (χ1v) is 37.1. The van der Waals surface area contributed by atoms with Crippen LogP contribution in [-0.4, -0.2) is 74.3 Å². The van der Waals surface area contributed by atoms with E-state index in [-0.39, 0.29) is 25.1 Å². The Morgan fingerprint density at radius 2 is 0.735 bits per heavy atom. The predicted molar refractivity (Wildman–Crippen MR) is 360 cm³/mol. The van der Waals surface area contributed by atoms with Gasteiger partial charge < -0.3 is 19.4 Å². The van der Waals surface area contributed by atoms with Gasteiger partial charge >= 0.3 is 13.8 Å². The summed E-state index contributed by atoms with van der Waals surface area (Å²) in [4.78, 5) is 37.9. The summed E-state index contributed by atoms with van der Waals surface area (Å²) in [5.74, 6) is -0.495. The lowest BCUT2D eigenvalue weighted by atomic mass is 10.0. The summed E-state index contributed by atoms with van der Waals surface area (Å²) in [5, 5.41) is 3.07. The van der Waals surface area contributed by atoms with Crippen LogP contribution in [0.2, 0.25) is 0 Å². The summed E-state index contributed by atoms with van der Waals surface area (Å²) in [6.45, 7) is 7.00. The molecule has 83 heavy (non-hydrogen) atoms. The largest absolute Gasteiger partial charge is 0.472 e. The standard InChI is InChI=1S/C73H137N2O7P/c1-7-10-13-16-19-22-25-27-29-31-33-35-37-39-41-43-45-47-50-53-56-59-62-65-72(76)74-70(69-81-83(78,79)80-68-67-75(4,5)6)71(64-61-58-55-52-49-24-21-18-15-12-9-3)82-73(77)66-63-60-57-54-51-48-46-44-42-40-38-36-34-32-30-28-26-23-20-17-14-11-8-2/h19-20,22-23,27-30,61,64,70-71H,7-18,21,24-26,31-60,62-63,65-69H2,1-6H3,(H-,74,76,78,79)/p+1/b22-19-,23-20-,29-27-,30-28-,64-61+. The van der Waals surface area contributed by atoms with Crippen molar-refractivity contribution in [3.05, 3.63) is 60.8 Å². The number of allylic oxidation sites excluding steroid dienone is 9. The molecule has 0 bridgehead atoms. The SMILES string of the molecule is CCCCC/C=C\C/C=C\CCCCCCCCCCCCCCCC(=O)NC(COP(=O)(O)OCC[N+](C)(C)C)C(/C=C/CCCCCCCCCCC)OC(=O)CCCCCCCCCCCCCCC/C=C\C/C=C\CCCCC. The molecule has 0 radical (unpaired) electrons. The van der Waals surface area contributed by atoms with Crippen molar-refractivity contribution in [2.45, 2.75) is 354 Å². The number of quaternary nitrogens is 1. The first-order valence-electron chi connectivity index (χ1n) is 35.6. The van der Waals surface area contributed by atoms with Crippen LogP contribution in [0.15, 0.2) is 60.8 Å². The number of amides is 1. The zero-order valence-corrected chi connectivity index (χ0v) is 56.6. The fourth-order valence-electron chi connectivity index (χ4n) is 10.4. The number of unbranched alkanes of at least 4 members (excludes halogenated alkanes) is 41. The second-order valence-corrected chi connectivity index (χ2v) is 26.9. The van der Waals surface area contributed by atoms with Gasteiger partial charge in [-0.3, -0.25) is 18.6 Å². The Labute approximate surface area is 515 Å². The second kappa shape index (κ2) is 62.8. The zero-order chi connectivity index (χ0) is 60.7. The number of esters is 1. The van der Waals surface area contributed by atoms with E-state index in [9.17, 15) is 19.0 Å². The minimum Gasteiger partial charge on any atom is -0.456 e. The number of carbonyl (C=O) groups excluding carboxylic acids is 2. The van der Waals surface area contributed by atoms with Gasteiger partial charge in [0, 0.05) is 12.8 Å². The highest BCUT2D eigenvalue weighted by atomic mass is 31.2. The first-order chi connectivity index (χ1) is 40.4. The summed E-state index contributed by atoms with van der Waals surface area (Å²) in [5.41, 5.74) is 0. The summed E-state index contributed by atoms with van der Waals surface area (Å²) < 4.78 is 30.8. The summed E-state index contributed by atoms with van der Waals surface area (Å²) in [7, 11) is 1.50.